The van der Waals surface area contributed by atoms with Crippen molar-refractivity contribution in [2.45, 2.75) is 20.3 Å². The van der Waals surface area contributed by atoms with Gasteiger partial charge in [0.05, 0.1) is 11.1 Å². The predicted molar refractivity (Wildman–Crippen MR) is 87.8 cm³/mol. The van der Waals surface area contributed by atoms with Crippen molar-refractivity contribution < 1.29 is 9.18 Å². The summed E-state index contributed by atoms with van der Waals surface area (Å²) in [6, 6.07) is 10.8. The van der Waals surface area contributed by atoms with Crippen molar-refractivity contribution >= 4 is 32.6 Å². The van der Waals surface area contributed by atoms with Crippen LogP contribution in [0.5, 0.6) is 0 Å². The van der Waals surface area contributed by atoms with Gasteiger partial charge in [0.1, 0.15) is 11.3 Å². The Morgan fingerprint density at radius 2 is 2.09 bits per heavy atom. The molecule has 0 fully saturated rings. The van der Waals surface area contributed by atoms with Gasteiger partial charge in [0, 0.05) is 0 Å². The number of rotatable bonds is 3. The van der Waals surface area contributed by atoms with E-state index in [1.165, 1.54) is 17.4 Å². The van der Waals surface area contributed by atoms with Crippen molar-refractivity contribution in [3.63, 3.8) is 0 Å². The molecule has 3 aromatic rings. The molecule has 1 heterocycles. The Balaban J connectivity index is 1.78. The fraction of sp³-hybridized carbons (Fsp3) is 0.176. The zero-order valence-electron chi connectivity index (χ0n) is 12.3. The fourth-order valence-electron chi connectivity index (χ4n) is 2.30. The summed E-state index contributed by atoms with van der Waals surface area (Å²) in [5.74, 6) is -0.517. The van der Waals surface area contributed by atoms with Gasteiger partial charge in [0.25, 0.3) is 0 Å². The third-order valence-corrected chi connectivity index (χ3v) is 4.41. The van der Waals surface area contributed by atoms with Crippen LogP contribution in [0.15, 0.2) is 36.4 Å². The van der Waals surface area contributed by atoms with Crippen LogP contribution in [0.3, 0.4) is 0 Å². The normalized spacial score (nSPS) is 10.9. The standard InChI is InChI=1S/C17H15FN2OS/c1-10-6-7-11(2)12(8-10)9-15(21)19-17-20-16-13(18)4-3-5-14(16)22-17/h3-8H,9H2,1-2H3,(H,19,20,21). The molecule has 0 saturated carbocycles. The summed E-state index contributed by atoms with van der Waals surface area (Å²) < 4.78 is 14.3. The fourth-order valence-corrected chi connectivity index (χ4v) is 3.19. The van der Waals surface area contributed by atoms with Crippen molar-refractivity contribution in [2.24, 2.45) is 0 Å². The van der Waals surface area contributed by atoms with Crippen LogP contribution in [-0.2, 0) is 11.2 Å². The molecule has 0 unspecified atom stereocenters. The van der Waals surface area contributed by atoms with Crippen LogP contribution >= 0.6 is 11.3 Å². The van der Waals surface area contributed by atoms with Gasteiger partial charge in [-0.2, -0.15) is 0 Å². The number of hydrogen-bond acceptors (Lipinski definition) is 3. The summed E-state index contributed by atoms with van der Waals surface area (Å²) in [7, 11) is 0. The Bertz CT molecular complexity index is 857. The number of aryl methyl sites for hydroxylation is 2. The van der Waals surface area contributed by atoms with Gasteiger partial charge < -0.3 is 5.32 Å². The lowest BCUT2D eigenvalue weighted by molar-refractivity contribution is -0.115. The first-order valence-electron chi connectivity index (χ1n) is 6.94. The van der Waals surface area contributed by atoms with Crippen LogP contribution in [0.25, 0.3) is 10.2 Å². The monoisotopic (exact) mass is 314 g/mol. The summed E-state index contributed by atoms with van der Waals surface area (Å²) in [6.45, 7) is 3.98. The highest BCUT2D eigenvalue weighted by Gasteiger charge is 2.12. The average Bonchev–Trinajstić information content (AvgIpc) is 2.86. The van der Waals surface area contributed by atoms with Crippen molar-refractivity contribution in [1.82, 2.24) is 4.98 Å². The van der Waals surface area contributed by atoms with Gasteiger partial charge in [-0.25, -0.2) is 9.37 Å². The summed E-state index contributed by atoms with van der Waals surface area (Å²) in [5, 5.41) is 3.18. The van der Waals surface area contributed by atoms with E-state index < -0.39 is 0 Å². The van der Waals surface area contributed by atoms with Crippen molar-refractivity contribution in [2.75, 3.05) is 5.32 Å². The minimum Gasteiger partial charge on any atom is -0.302 e. The highest BCUT2D eigenvalue weighted by atomic mass is 32.1. The third-order valence-electron chi connectivity index (χ3n) is 3.47. The van der Waals surface area contributed by atoms with E-state index >= 15 is 0 Å². The van der Waals surface area contributed by atoms with E-state index in [-0.39, 0.29) is 18.1 Å². The Morgan fingerprint density at radius 3 is 2.86 bits per heavy atom. The Hall–Kier alpha value is -2.27. The molecular weight excluding hydrogens is 299 g/mol. The second-order valence-electron chi connectivity index (χ2n) is 5.26. The molecule has 22 heavy (non-hydrogen) atoms. The molecule has 1 amide bonds. The minimum atomic E-state index is -0.372. The topological polar surface area (TPSA) is 42.0 Å². The molecule has 0 saturated heterocycles. The maximum atomic E-state index is 13.6. The van der Waals surface area contributed by atoms with Gasteiger partial charge in [-0.15, -0.1) is 0 Å². The smallest absolute Gasteiger partial charge is 0.230 e. The number of thiazole rings is 1. The number of benzene rings is 2. The highest BCUT2D eigenvalue weighted by Crippen LogP contribution is 2.27. The zero-order chi connectivity index (χ0) is 15.7. The summed E-state index contributed by atoms with van der Waals surface area (Å²) in [6.07, 6.45) is 0.284. The van der Waals surface area contributed by atoms with Crippen LogP contribution in [0.2, 0.25) is 0 Å². The van der Waals surface area contributed by atoms with E-state index in [4.69, 9.17) is 0 Å². The SMILES string of the molecule is Cc1ccc(C)c(CC(=O)Nc2nc3c(F)cccc3s2)c1. The lowest BCUT2D eigenvalue weighted by Gasteiger charge is -2.06. The zero-order valence-corrected chi connectivity index (χ0v) is 13.1. The van der Waals surface area contributed by atoms with Crippen LogP contribution in [0.1, 0.15) is 16.7 Å². The molecule has 1 N–H and O–H groups in total. The van der Waals surface area contributed by atoms with E-state index in [2.05, 4.69) is 10.3 Å². The first kappa shape index (κ1) is 14.7. The molecule has 0 bridgehead atoms. The second kappa shape index (κ2) is 5.85. The number of carbonyl (C=O) groups is 1. The van der Waals surface area contributed by atoms with Gasteiger partial charge in [0.15, 0.2) is 5.13 Å². The molecule has 0 aliphatic carbocycles. The van der Waals surface area contributed by atoms with E-state index in [0.29, 0.717) is 10.6 Å². The lowest BCUT2D eigenvalue weighted by Crippen LogP contribution is -2.15. The molecule has 112 valence electrons. The maximum absolute atomic E-state index is 13.6. The van der Waals surface area contributed by atoms with E-state index in [9.17, 15) is 9.18 Å². The molecule has 3 nitrogen and oxygen atoms in total. The largest absolute Gasteiger partial charge is 0.302 e. The van der Waals surface area contributed by atoms with Crippen LogP contribution in [0.4, 0.5) is 9.52 Å². The maximum Gasteiger partial charge on any atom is 0.230 e. The number of amides is 1. The lowest BCUT2D eigenvalue weighted by atomic mass is 10.0. The van der Waals surface area contributed by atoms with Gasteiger partial charge >= 0.3 is 0 Å². The Kier molecular flexibility index (Phi) is 3.90. The molecule has 0 atom stereocenters. The van der Waals surface area contributed by atoms with Crippen molar-refractivity contribution in [3.05, 3.63) is 58.9 Å². The first-order valence-corrected chi connectivity index (χ1v) is 7.75. The molecule has 0 aliphatic heterocycles. The van der Waals surface area contributed by atoms with Crippen LogP contribution in [-0.4, -0.2) is 10.9 Å². The minimum absolute atomic E-state index is 0.145. The molecular formula is C17H15FN2OS. The van der Waals surface area contributed by atoms with Crippen molar-refractivity contribution in [1.29, 1.82) is 0 Å². The number of nitrogens with one attached hydrogen (secondary N) is 1. The van der Waals surface area contributed by atoms with Gasteiger partial charge in [-0.1, -0.05) is 41.2 Å². The van der Waals surface area contributed by atoms with Crippen LogP contribution < -0.4 is 5.32 Å². The quantitative estimate of drug-likeness (QED) is 0.786. The predicted octanol–water partition coefficient (Wildman–Crippen LogP) is 4.23. The number of halogens is 1. The number of fused-ring (bicyclic) bond motifs is 1. The number of nitrogens with zero attached hydrogens (tertiary/aromatic N) is 1. The van der Waals surface area contributed by atoms with E-state index in [0.717, 1.165) is 21.4 Å². The summed E-state index contributed by atoms with van der Waals surface area (Å²) >= 11 is 1.27. The first-order chi connectivity index (χ1) is 10.5. The van der Waals surface area contributed by atoms with Gasteiger partial charge in [-0.3, -0.25) is 4.79 Å². The van der Waals surface area contributed by atoms with Gasteiger partial charge in [-0.05, 0) is 37.1 Å². The number of carbonyl (C=O) groups excluding carboxylic acids is 1. The van der Waals surface area contributed by atoms with E-state index in [1.54, 1.807) is 12.1 Å². The summed E-state index contributed by atoms with van der Waals surface area (Å²) in [5.41, 5.74) is 3.49. The second-order valence-corrected chi connectivity index (χ2v) is 6.29. The molecule has 2 aromatic carbocycles. The molecule has 0 radical (unpaired) electrons. The number of aromatic nitrogens is 1. The Morgan fingerprint density at radius 1 is 1.27 bits per heavy atom. The number of anilines is 1. The molecule has 1 aromatic heterocycles. The number of hydrogen-bond donors (Lipinski definition) is 1. The average molecular weight is 314 g/mol. The molecule has 3 rings (SSSR count). The van der Waals surface area contributed by atoms with Crippen LogP contribution in [0, 0.1) is 19.7 Å². The third kappa shape index (κ3) is 2.99. The molecule has 5 heteroatoms. The highest BCUT2D eigenvalue weighted by molar-refractivity contribution is 7.22. The van der Waals surface area contributed by atoms with Gasteiger partial charge in [0.2, 0.25) is 5.91 Å². The van der Waals surface area contributed by atoms with Crippen molar-refractivity contribution in [3.8, 4) is 0 Å². The molecule has 0 spiro atoms. The Labute approximate surface area is 131 Å². The number of para-hydroxylation sites is 1. The van der Waals surface area contributed by atoms with E-state index in [1.807, 2.05) is 32.0 Å². The molecule has 0 aliphatic rings. The summed E-state index contributed by atoms with van der Waals surface area (Å²) in [4.78, 5) is 16.3.